The molecule has 4 N–H and O–H groups in total. The van der Waals surface area contributed by atoms with Crippen molar-refractivity contribution in [2.75, 3.05) is 25.0 Å². The van der Waals surface area contributed by atoms with Crippen molar-refractivity contribution < 1.29 is 13.2 Å². The maximum Gasteiger partial charge on any atom is 0.264 e. The molecule has 1 aliphatic carbocycles. The van der Waals surface area contributed by atoms with Crippen molar-refractivity contribution in [3.8, 4) is 0 Å². The first-order valence-corrected chi connectivity index (χ1v) is 16.5. The van der Waals surface area contributed by atoms with Crippen LogP contribution in [0.2, 0.25) is 0 Å². The topological polar surface area (TPSA) is 131 Å². The molecule has 226 valence electrons. The van der Waals surface area contributed by atoms with Crippen molar-refractivity contribution >= 4 is 33.9 Å². The van der Waals surface area contributed by atoms with E-state index in [1.807, 2.05) is 5.01 Å². The van der Waals surface area contributed by atoms with E-state index in [1.54, 1.807) is 48.8 Å². The van der Waals surface area contributed by atoms with E-state index >= 15 is 0 Å². The monoisotopic (exact) mass is 594 g/mol. The summed E-state index contributed by atoms with van der Waals surface area (Å²) in [7, 11) is -4.03. The van der Waals surface area contributed by atoms with E-state index < -0.39 is 22.2 Å². The zero-order chi connectivity index (χ0) is 29.4. The van der Waals surface area contributed by atoms with Crippen molar-refractivity contribution in [2.45, 2.75) is 81.6 Å². The Labute approximate surface area is 248 Å². The zero-order valence-corrected chi connectivity index (χ0v) is 25.0. The summed E-state index contributed by atoms with van der Waals surface area (Å²) in [6.07, 6.45) is 10.9. The Balaban J connectivity index is 1.28. The second-order valence-electron chi connectivity index (χ2n) is 11.1. The molecule has 1 saturated carbocycles. The lowest BCUT2D eigenvalue weighted by atomic mass is 10.1. The molecule has 2 aromatic rings. The number of hydrogen-bond donors (Lipinski definition) is 4. The van der Waals surface area contributed by atoms with Crippen LogP contribution in [0.5, 0.6) is 0 Å². The molecule has 12 heteroatoms. The highest BCUT2D eigenvalue weighted by Gasteiger charge is 2.27. The lowest BCUT2D eigenvalue weighted by molar-refractivity contribution is 0.0981. The minimum absolute atomic E-state index is 0.00299. The van der Waals surface area contributed by atoms with Gasteiger partial charge in [-0.05, 0) is 75.2 Å². The average molecular weight is 595 g/mol. The van der Waals surface area contributed by atoms with Gasteiger partial charge in [-0.2, -0.15) is 0 Å². The van der Waals surface area contributed by atoms with Gasteiger partial charge in [0, 0.05) is 23.3 Å². The lowest BCUT2D eigenvalue weighted by Crippen LogP contribution is -2.61. The molecule has 0 bridgehead atoms. The van der Waals surface area contributed by atoms with Crippen LogP contribution in [-0.4, -0.2) is 74.5 Å². The Bertz CT molecular complexity index is 1340. The molecule has 5 rings (SSSR count). The Kier molecular flexibility index (Phi) is 10.1. The minimum atomic E-state index is -4.03. The largest absolute Gasteiger partial charge is 0.347 e. The van der Waals surface area contributed by atoms with E-state index in [1.165, 1.54) is 44.2 Å². The van der Waals surface area contributed by atoms with Gasteiger partial charge in [0.15, 0.2) is 6.29 Å². The van der Waals surface area contributed by atoms with Crippen molar-refractivity contribution in [3.63, 3.8) is 0 Å². The second-order valence-corrected chi connectivity index (χ2v) is 12.8. The third-order valence-electron chi connectivity index (χ3n) is 8.12. The average Bonchev–Trinajstić information content (AvgIpc) is 3.31. The van der Waals surface area contributed by atoms with Gasteiger partial charge in [0.25, 0.3) is 15.9 Å². The summed E-state index contributed by atoms with van der Waals surface area (Å²) < 4.78 is 27.9. The van der Waals surface area contributed by atoms with E-state index in [-0.39, 0.29) is 10.5 Å². The number of aliphatic imine (C=N–C) groups is 2. The number of carbonyl (C=O) groups is 1. The van der Waals surface area contributed by atoms with Gasteiger partial charge in [0.05, 0.1) is 11.4 Å². The normalized spacial score (nSPS) is 23.0. The Morgan fingerprint density at radius 2 is 1.74 bits per heavy atom. The van der Waals surface area contributed by atoms with Crippen LogP contribution in [0, 0.1) is 0 Å². The van der Waals surface area contributed by atoms with Crippen molar-refractivity contribution in [3.05, 3.63) is 60.2 Å². The summed E-state index contributed by atoms with van der Waals surface area (Å²) >= 11 is 0. The van der Waals surface area contributed by atoms with Gasteiger partial charge in [-0.1, -0.05) is 50.8 Å². The maximum atomic E-state index is 12.9. The van der Waals surface area contributed by atoms with Crippen LogP contribution in [0.4, 0.5) is 5.69 Å². The molecule has 42 heavy (non-hydrogen) atoms. The van der Waals surface area contributed by atoms with Crippen LogP contribution in [0.15, 0.2) is 69.5 Å². The smallest absolute Gasteiger partial charge is 0.264 e. The molecule has 2 aromatic carbocycles. The fourth-order valence-electron chi connectivity index (χ4n) is 5.76. The van der Waals surface area contributed by atoms with Gasteiger partial charge in [-0.3, -0.25) is 14.7 Å². The van der Waals surface area contributed by atoms with Gasteiger partial charge in [-0.25, -0.2) is 28.6 Å². The van der Waals surface area contributed by atoms with Crippen LogP contribution in [0.1, 0.15) is 68.6 Å². The molecule has 0 aromatic heterocycles. The Morgan fingerprint density at radius 1 is 1.00 bits per heavy atom. The van der Waals surface area contributed by atoms with Crippen LogP contribution in [0.3, 0.4) is 0 Å². The molecule has 2 fully saturated rings. The van der Waals surface area contributed by atoms with E-state index in [0.29, 0.717) is 30.3 Å². The summed E-state index contributed by atoms with van der Waals surface area (Å²) in [6.45, 7) is 5.02. The number of guanidine groups is 1. The number of benzene rings is 2. The number of amides is 1. The van der Waals surface area contributed by atoms with E-state index in [9.17, 15) is 13.2 Å². The fraction of sp³-hybridized carbons (Fsp3) is 0.500. The standard InChI is InChI=1S/C30H42N8O3S/c1-2-37-20-10-15-26(37)21-31-29-32-22-38(35-25-13-8-3-4-9-14-25)30(34-29)33-24-16-18-27(19-17-24)42(40,41)36-28(39)23-11-6-5-7-12-23/h5-7,11-12,16-19,22,25-26,30,33,35H,2-4,8-10,13-15,20-21H2,1H3,(H,31,34)(H,36,39). The predicted octanol–water partition coefficient (Wildman–Crippen LogP) is 3.50. The van der Waals surface area contributed by atoms with Gasteiger partial charge in [0.1, 0.15) is 6.34 Å². The number of hydrazine groups is 1. The van der Waals surface area contributed by atoms with Gasteiger partial charge < -0.3 is 10.6 Å². The quantitative estimate of drug-likeness (QED) is 0.308. The maximum absolute atomic E-state index is 12.9. The van der Waals surface area contributed by atoms with E-state index in [4.69, 9.17) is 4.99 Å². The minimum Gasteiger partial charge on any atom is -0.347 e. The van der Waals surface area contributed by atoms with Gasteiger partial charge in [0.2, 0.25) is 5.96 Å². The van der Waals surface area contributed by atoms with Gasteiger partial charge >= 0.3 is 0 Å². The summed E-state index contributed by atoms with van der Waals surface area (Å²) in [4.78, 5) is 24.3. The Hall–Kier alpha value is -3.48. The number of nitrogens with one attached hydrogen (secondary N) is 4. The highest BCUT2D eigenvalue weighted by atomic mass is 32.2. The Morgan fingerprint density at radius 3 is 2.45 bits per heavy atom. The molecule has 2 unspecified atom stereocenters. The molecule has 0 radical (unpaired) electrons. The van der Waals surface area contributed by atoms with Crippen LogP contribution >= 0.6 is 0 Å². The second kappa shape index (κ2) is 14.1. The van der Waals surface area contributed by atoms with Crippen LogP contribution in [-0.2, 0) is 10.0 Å². The first-order chi connectivity index (χ1) is 20.4. The number of hydrogen-bond acceptors (Lipinski definition) is 8. The van der Waals surface area contributed by atoms with Gasteiger partial charge in [-0.15, -0.1) is 0 Å². The van der Waals surface area contributed by atoms with E-state index in [0.717, 1.165) is 32.4 Å². The van der Waals surface area contributed by atoms with Crippen molar-refractivity contribution in [1.82, 2.24) is 25.4 Å². The molecule has 3 aliphatic rings. The summed E-state index contributed by atoms with van der Waals surface area (Å²) in [5.74, 6) is -0.104. The molecule has 1 amide bonds. The third kappa shape index (κ3) is 7.87. The molecule has 11 nitrogen and oxygen atoms in total. The highest BCUT2D eigenvalue weighted by molar-refractivity contribution is 7.90. The number of likely N-dealkylation sites (tertiary alicyclic amines) is 1. The van der Waals surface area contributed by atoms with Crippen molar-refractivity contribution in [1.29, 1.82) is 0 Å². The van der Waals surface area contributed by atoms with E-state index in [2.05, 4.69) is 37.6 Å². The molecular formula is C30H42N8O3S. The number of nitrogens with zero attached hydrogens (tertiary/aromatic N) is 4. The fourth-order valence-corrected chi connectivity index (χ4v) is 6.73. The molecule has 2 aliphatic heterocycles. The molecule has 0 spiro atoms. The first-order valence-electron chi connectivity index (χ1n) is 15.0. The van der Waals surface area contributed by atoms with Crippen LogP contribution < -0.4 is 20.8 Å². The number of carbonyl (C=O) groups excluding carboxylic acids is 1. The zero-order valence-electron chi connectivity index (χ0n) is 24.2. The first kappa shape index (κ1) is 30.0. The molecule has 2 heterocycles. The highest BCUT2D eigenvalue weighted by Crippen LogP contribution is 2.20. The number of sulfonamides is 1. The molecule has 2 atom stereocenters. The molecular weight excluding hydrogens is 552 g/mol. The van der Waals surface area contributed by atoms with Crippen LogP contribution in [0.25, 0.3) is 0 Å². The summed E-state index contributed by atoms with van der Waals surface area (Å²) in [5.41, 5.74) is 4.61. The SMILES string of the molecule is CCN1CCCC1CN=C1N=CN(NC2CCCCCC2)C(Nc2ccc(S(=O)(=O)NC(=O)c3ccccc3)cc2)N1. The van der Waals surface area contributed by atoms with Crippen molar-refractivity contribution in [2.24, 2.45) is 9.98 Å². The lowest BCUT2D eigenvalue weighted by Gasteiger charge is -2.37. The molecule has 1 saturated heterocycles. The number of anilines is 1. The number of likely N-dealkylation sites (N-methyl/N-ethyl adjacent to an activating group) is 1. The summed E-state index contributed by atoms with van der Waals surface area (Å²) in [6, 6.07) is 15.4. The summed E-state index contributed by atoms with van der Waals surface area (Å²) in [5, 5.41) is 8.80. The number of rotatable bonds is 10. The third-order valence-corrected chi connectivity index (χ3v) is 9.47. The predicted molar refractivity (Wildman–Crippen MR) is 166 cm³/mol.